The van der Waals surface area contributed by atoms with Crippen LogP contribution in [0.2, 0.25) is 0 Å². The summed E-state index contributed by atoms with van der Waals surface area (Å²) in [6, 6.07) is 17.3. The van der Waals surface area contributed by atoms with Crippen molar-refractivity contribution in [3.05, 3.63) is 94.6 Å². The molecule has 174 valence electrons. The Bertz CT molecular complexity index is 1080. The Morgan fingerprint density at radius 1 is 0.939 bits per heavy atom. The van der Waals surface area contributed by atoms with Gasteiger partial charge in [-0.3, -0.25) is 4.90 Å². The lowest BCUT2D eigenvalue weighted by molar-refractivity contribution is 0.0601. The summed E-state index contributed by atoms with van der Waals surface area (Å²) in [5.74, 6) is -0.521. The fraction of sp³-hybridized carbons (Fsp3) is 0.296. The van der Waals surface area contributed by atoms with Crippen LogP contribution in [0.1, 0.15) is 33.5 Å². The van der Waals surface area contributed by atoms with Crippen LogP contribution in [0.5, 0.6) is 0 Å². The molecule has 0 heterocycles. The van der Waals surface area contributed by atoms with Gasteiger partial charge in [-0.15, -0.1) is 0 Å². The van der Waals surface area contributed by atoms with Crippen molar-refractivity contribution in [1.82, 2.24) is 4.90 Å². The van der Waals surface area contributed by atoms with Gasteiger partial charge in [0.1, 0.15) is 11.6 Å². The third kappa shape index (κ3) is 6.89. The quantitative estimate of drug-likeness (QED) is 0.251. The molecule has 3 nitrogen and oxygen atoms in total. The van der Waals surface area contributed by atoms with Gasteiger partial charge in [0.15, 0.2) is 0 Å². The molecular formula is C27H29F2NO2S. The average Bonchev–Trinajstić information content (AvgIpc) is 2.78. The summed E-state index contributed by atoms with van der Waals surface area (Å²) in [4.78, 5) is 14.6. The fourth-order valence-electron chi connectivity index (χ4n) is 3.94. The Morgan fingerprint density at radius 3 is 2.30 bits per heavy atom. The van der Waals surface area contributed by atoms with Crippen molar-refractivity contribution in [3.63, 3.8) is 0 Å². The minimum absolute atomic E-state index is 0.383. The molecule has 0 bridgehead atoms. The Kier molecular flexibility index (Phi) is 9.03. The van der Waals surface area contributed by atoms with E-state index in [0.29, 0.717) is 24.2 Å². The first-order valence-corrected chi connectivity index (χ1v) is 12.2. The lowest BCUT2D eigenvalue weighted by Gasteiger charge is -2.23. The first kappa shape index (κ1) is 24.9. The van der Waals surface area contributed by atoms with Crippen molar-refractivity contribution in [2.24, 2.45) is 0 Å². The minimum Gasteiger partial charge on any atom is -0.465 e. The number of aryl methyl sites for hydroxylation is 1. The van der Waals surface area contributed by atoms with Gasteiger partial charge in [0.25, 0.3) is 0 Å². The maximum atomic E-state index is 13.7. The van der Waals surface area contributed by atoms with E-state index >= 15 is 0 Å². The highest BCUT2D eigenvalue weighted by molar-refractivity contribution is 7.98. The van der Waals surface area contributed by atoms with Crippen molar-refractivity contribution in [2.45, 2.75) is 26.4 Å². The Hall–Kier alpha value is -2.70. The molecule has 0 aliphatic heterocycles. The van der Waals surface area contributed by atoms with E-state index in [1.54, 1.807) is 17.8 Å². The van der Waals surface area contributed by atoms with Crippen LogP contribution in [0.25, 0.3) is 11.1 Å². The third-order valence-electron chi connectivity index (χ3n) is 5.48. The van der Waals surface area contributed by atoms with Gasteiger partial charge in [-0.1, -0.05) is 30.3 Å². The van der Waals surface area contributed by atoms with Crippen molar-refractivity contribution in [1.29, 1.82) is 0 Å². The van der Waals surface area contributed by atoms with E-state index in [4.69, 9.17) is 4.74 Å². The van der Waals surface area contributed by atoms with E-state index in [9.17, 15) is 13.6 Å². The van der Waals surface area contributed by atoms with Crippen LogP contribution in [0.4, 0.5) is 8.78 Å². The number of carbonyl (C=O) groups excluding carboxylic acids is 1. The van der Waals surface area contributed by atoms with Crippen LogP contribution in [0.3, 0.4) is 0 Å². The van der Waals surface area contributed by atoms with Crippen LogP contribution in [0.15, 0.2) is 60.7 Å². The number of ether oxygens (including phenoxy) is 1. The number of hydrogen-bond acceptors (Lipinski definition) is 4. The summed E-state index contributed by atoms with van der Waals surface area (Å²) < 4.78 is 32.5. The number of halogens is 2. The van der Waals surface area contributed by atoms with Crippen LogP contribution in [-0.2, 0) is 17.8 Å². The van der Waals surface area contributed by atoms with E-state index in [2.05, 4.69) is 11.2 Å². The molecule has 3 rings (SSSR count). The van der Waals surface area contributed by atoms with Crippen molar-refractivity contribution in [3.8, 4) is 11.1 Å². The second kappa shape index (κ2) is 12.0. The molecule has 0 fully saturated rings. The molecule has 0 saturated heterocycles. The van der Waals surface area contributed by atoms with Crippen LogP contribution >= 0.6 is 11.8 Å². The standard InChI is InChI=1S/C27H29F2NO2S/c1-19-7-4-5-8-24(19)26-15-20(9-10-25(26)27(31)32-2)17-30(11-6-12-33-3)18-21-13-22(28)16-23(29)14-21/h4-5,7-10,13-16H,6,11-12,17-18H2,1-3H3. The van der Waals surface area contributed by atoms with Gasteiger partial charge in [0.2, 0.25) is 0 Å². The second-order valence-corrected chi connectivity index (χ2v) is 9.01. The zero-order valence-electron chi connectivity index (χ0n) is 19.2. The highest BCUT2D eigenvalue weighted by Crippen LogP contribution is 2.29. The fourth-order valence-corrected chi connectivity index (χ4v) is 4.36. The lowest BCUT2D eigenvalue weighted by Crippen LogP contribution is -2.24. The lowest BCUT2D eigenvalue weighted by atomic mass is 9.94. The number of hydrogen-bond donors (Lipinski definition) is 0. The number of benzene rings is 3. The Balaban J connectivity index is 1.93. The van der Waals surface area contributed by atoms with Crippen molar-refractivity contribution >= 4 is 17.7 Å². The highest BCUT2D eigenvalue weighted by Gasteiger charge is 2.17. The predicted molar refractivity (Wildman–Crippen MR) is 131 cm³/mol. The first-order chi connectivity index (χ1) is 15.9. The number of nitrogens with zero attached hydrogens (tertiary/aromatic N) is 1. The summed E-state index contributed by atoms with van der Waals surface area (Å²) in [7, 11) is 1.38. The van der Waals surface area contributed by atoms with Crippen LogP contribution in [0, 0.1) is 18.6 Å². The summed E-state index contributed by atoms with van der Waals surface area (Å²) >= 11 is 1.77. The van der Waals surface area contributed by atoms with Crippen LogP contribution < -0.4 is 0 Å². The minimum atomic E-state index is -0.571. The van der Waals surface area contributed by atoms with E-state index in [1.807, 2.05) is 43.3 Å². The average molecular weight is 470 g/mol. The van der Waals surface area contributed by atoms with Crippen molar-refractivity contribution < 1.29 is 18.3 Å². The van der Waals surface area contributed by atoms with E-state index in [1.165, 1.54) is 19.2 Å². The number of rotatable bonds is 10. The summed E-state index contributed by atoms with van der Waals surface area (Å²) in [6.45, 7) is 3.82. The number of methoxy groups -OCH3 is 1. The molecule has 0 radical (unpaired) electrons. The molecule has 3 aromatic rings. The maximum absolute atomic E-state index is 13.7. The Morgan fingerprint density at radius 2 is 1.64 bits per heavy atom. The van der Waals surface area contributed by atoms with Gasteiger partial charge in [-0.2, -0.15) is 11.8 Å². The topological polar surface area (TPSA) is 29.5 Å². The number of thioether (sulfide) groups is 1. The molecule has 3 aromatic carbocycles. The van der Waals surface area contributed by atoms with E-state index in [-0.39, 0.29) is 5.97 Å². The smallest absolute Gasteiger partial charge is 0.338 e. The molecule has 0 aliphatic rings. The summed E-state index contributed by atoms with van der Waals surface area (Å²) in [5.41, 5.74) is 4.98. The molecule has 0 saturated carbocycles. The first-order valence-electron chi connectivity index (χ1n) is 10.8. The summed E-state index contributed by atoms with van der Waals surface area (Å²) in [5, 5.41) is 0. The molecule has 0 aliphatic carbocycles. The maximum Gasteiger partial charge on any atom is 0.338 e. The molecule has 6 heteroatoms. The normalized spacial score (nSPS) is 11.1. The van der Waals surface area contributed by atoms with Gasteiger partial charge in [0.05, 0.1) is 12.7 Å². The van der Waals surface area contributed by atoms with E-state index in [0.717, 1.165) is 47.0 Å². The second-order valence-electron chi connectivity index (χ2n) is 8.02. The van der Waals surface area contributed by atoms with Gasteiger partial charge in [-0.25, -0.2) is 13.6 Å². The molecule has 33 heavy (non-hydrogen) atoms. The van der Waals surface area contributed by atoms with Gasteiger partial charge < -0.3 is 4.74 Å². The van der Waals surface area contributed by atoms with Gasteiger partial charge in [-0.05, 0) is 84.0 Å². The zero-order valence-corrected chi connectivity index (χ0v) is 20.1. The number of esters is 1. The highest BCUT2D eigenvalue weighted by atomic mass is 32.2. The van der Waals surface area contributed by atoms with E-state index < -0.39 is 11.6 Å². The molecule has 0 unspecified atom stereocenters. The largest absolute Gasteiger partial charge is 0.465 e. The van der Waals surface area contributed by atoms with Crippen LogP contribution in [-0.4, -0.2) is 36.5 Å². The monoisotopic (exact) mass is 469 g/mol. The summed E-state index contributed by atoms with van der Waals surface area (Å²) in [6.07, 6.45) is 3.02. The molecular weight excluding hydrogens is 440 g/mol. The zero-order chi connectivity index (χ0) is 23.8. The predicted octanol–water partition coefficient (Wildman–Crippen LogP) is 6.48. The third-order valence-corrected chi connectivity index (χ3v) is 6.18. The molecule has 0 amide bonds. The van der Waals surface area contributed by atoms with Crippen molar-refractivity contribution in [2.75, 3.05) is 25.7 Å². The molecule has 0 N–H and O–H groups in total. The number of carbonyl (C=O) groups is 1. The molecule has 0 spiro atoms. The SMILES string of the molecule is COC(=O)c1ccc(CN(CCCSC)Cc2cc(F)cc(F)c2)cc1-c1ccccc1C. The molecule has 0 aromatic heterocycles. The Labute approximate surface area is 198 Å². The molecule has 0 atom stereocenters. The van der Waals surface area contributed by atoms with Gasteiger partial charge >= 0.3 is 5.97 Å². The van der Waals surface area contributed by atoms with Gasteiger partial charge in [0, 0.05) is 19.2 Å².